The maximum absolute atomic E-state index is 13.9. The van der Waals surface area contributed by atoms with Crippen LogP contribution in [0.15, 0.2) is 22.7 Å². The topological polar surface area (TPSA) is 24.1 Å². The van der Waals surface area contributed by atoms with Crippen LogP contribution in [0, 0.1) is 5.82 Å². The molecule has 1 fully saturated rings. The molecule has 18 heavy (non-hydrogen) atoms. The van der Waals surface area contributed by atoms with E-state index in [1.54, 1.807) is 6.07 Å². The van der Waals surface area contributed by atoms with Gasteiger partial charge in [-0.15, -0.1) is 0 Å². The number of nitrogens with one attached hydrogen (secondary N) is 2. The highest BCUT2D eigenvalue weighted by atomic mass is 79.9. The fraction of sp³-hybridized carbons (Fsp3) is 0.571. The summed E-state index contributed by atoms with van der Waals surface area (Å²) in [7, 11) is 1.90. The molecule has 0 radical (unpaired) electrons. The van der Waals surface area contributed by atoms with E-state index in [0.717, 1.165) is 23.0 Å². The van der Waals surface area contributed by atoms with Crippen molar-refractivity contribution in [1.82, 2.24) is 10.6 Å². The molecule has 2 atom stereocenters. The number of benzene rings is 1. The number of hydrogen-bond acceptors (Lipinski definition) is 2. The fourth-order valence-electron chi connectivity index (χ4n) is 2.59. The average molecular weight is 315 g/mol. The molecule has 4 heteroatoms. The van der Waals surface area contributed by atoms with Crippen LogP contribution >= 0.6 is 15.9 Å². The van der Waals surface area contributed by atoms with Crippen LogP contribution in [0.2, 0.25) is 0 Å². The molecule has 2 rings (SSSR count). The first-order valence-electron chi connectivity index (χ1n) is 6.56. The predicted octanol–water partition coefficient (Wildman–Crippen LogP) is 3.38. The zero-order chi connectivity index (χ0) is 13.0. The van der Waals surface area contributed by atoms with Gasteiger partial charge in [0.15, 0.2) is 0 Å². The van der Waals surface area contributed by atoms with Crippen molar-refractivity contribution in [3.8, 4) is 0 Å². The van der Waals surface area contributed by atoms with E-state index >= 15 is 0 Å². The van der Waals surface area contributed by atoms with Gasteiger partial charge in [-0.3, -0.25) is 0 Å². The molecule has 2 nitrogen and oxygen atoms in total. The van der Waals surface area contributed by atoms with E-state index in [1.807, 2.05) is 13.1 Å². The maximum atomic E-state index is 13.9. The Morgan fingerprint density at radius 2 is 2.33 bits per heavy atom. The summed E-state index contributed by atoms with van der Waals surface area (Å²) in [6, 6.07) is 5.70. The Morgan fingerprint density at radius 1 is 1.50 bits per heavy atom. The van der Waals surface area contributed by atoms with Crippen LogP contribution in [-0.2, 0) is 0 Å². The lowest BCUT2D eigenvalue weighted by Gasteiger charge is -2.28. The van der Waals surface area contributed by atoms with Gasteiger partial charge in [0.1, 0.15) is 5.82 Å². The van der Waals surface area contributed by atoms with Gasteiger partial charge in [-0.05, 0) is 51.1 Å². The Kier molecular flexibility index (Phi) is 5.15. The van der Waals surface area contributed by atoms with Gasteiger partial charge in [-0.2, -0.15) is 0 Å². The summed E-state index contributed by atoms with van der Waals surface area (Å²) in [6.07, 6.45) is 4.65. The Morgan fingerprint density at radius 3 is 3.00 bits per heavy atom. The SMILES string of the molecule is CNC(CC1CCCCN1)c1cc(Br)ccc1F. The molecule has 1 saturated heterocycles. The Labute approximate surface area is 116 Å². The van der Waals surface area contributed by atoms with E-state index < -0.39 is 0 Å². The molecule has 100 valence electrons. The summed E-state index contributed by atoms with van der Waals surface area (Å²) in [5.41, 5.74) is 0.749. The van der Waals surface area contributed by atoms with E-state index in [4.69, 9.17) is 0 Å². The smallest absolute Gasteiger partial charge is 0.128 e. The minimum atomic E-state index is -0.131. The molecule has 1 aromatic rings. The van der Waals surface area contributed by atoms with Crippen molar-refractivity contribution in [2.75, 3.05) is 13.6 Å². The van der Waals surface area contributed by atoms with Crippen LogP contribution in [0.5, 0.6) is 0 Å². The van der Waals surface area contributed by atoms with Crippen LogP contribution in [-0.4, -0.2) is 19.6 Å². The monoisotopic (exact) mass is 314 g/mol. The van der Waals surface area contributed by atoms with E-state index in [2.05, 4.69) is 26.6 Å². The van der Waals surface area contributed by atoms with Crippen molar-refractivity contribution in [2.45, 2.75) is 37.8 Å². The van der Waals surface area contributed by atoms with Gasteiger partial charge in [0, 0.05) is 22.1 Å². The van der Waals surface area contributed by atoms with E-state index in [0.29, 0.717) is 6.04 Å². The molecule has 1 heterocycles. The minimum absolute atomic E-state index is 0.0677. The van der Waals surface area contributed by atoms with E-state index in [1.165, 1.54) is 25.3 Å². The van der Waals surface area contributed by atoms with Gasteiger partial charge in [0.2, 0.25) is 0 Å². The normalized spacial score (nSPS) is 21.8. The maximum Gasteiger partial charge on any atom is 0.128 e. The number of hydrogen-bond donors (Lipinski definition) is 2. The number of rotatable bonds is 4. The van der Waals surface area contributed by atoms with E-state index in [9.17, 15) is 4.39 Å². The standard InChI is InChI=1S/C14H20BrFN2/c1-17-14(9-11-4-2-3-7-18-11)12-8-10(15)5-6-13(12)16/h5-6,8,11,14,17-18H,2-4,7,9H2,1H3. The highest BCUT2D eigenvalue weighted by molar-refractivity contribution is 9.10. The van der Waals surface area contributed by atoms with Crippen molar-refractivity contribution in [1.29, 1.82) is 0 Å². The molecule has 2 unspecified atom stereocenters. The van der Waals surface area contributed by atoms with Gasteiger partial charge < -0.3 is 10.6 Å². The molecule has 0 amide bonds. The van der Waals surface area contributed by atoms with Crippen LogP contribution in [0.3, 0.4) is 0 Å². The van der Waals surface area contributed by atoms with Crippen molar-refractivity contribution in [2.24, 2.45) is 0 Å². The third-order valence-electron chi connectivity index (χ3n) is 3.61. The van der Waals surface area contributed by atoms with Crippen molar-refractivity contribution < 1.29 is 4.39 Å². The number of halogens is 2. The lowest BCUT2D eigenvalue weighted by atomic mass is 9.94. The third-order valence-corrected chi connectivity index (χ3v) is 4.11. The zero-order valence-corrected chi connectivity index (χ0v) is 12.3. The first-order chi connectivity index (χ1) is 8.70. The zero-order valence-electron chi connectivity index (χ0n) is 10.7. The summed E-state index contributed by atoms with van der Waals surface area (Å²) in [5.74, 6) is -0.131. The molecule has 0 saturated carbocycles. The first kappa shape index (κ1) is 14.0. The summed E-state index contributed by atoms with van der Waals surface area (Å²) in [6.45, 7) is 1.09. The van der Waals surface area contributed by atoms with Crippen LogP contribution < -0.4 is 10.6 Å². The van der Waals surface area contributed by atoms with Gasteiger partial charge in [-0.25, -0.2) is 4.39 Å². The largest absolute Gasteiger partial charge is 0.314 e. The lowest BCUT2D eigenvalue weighted by molar-refractivity contribution is 0.343. The molecule has 1 aliphatic heterocycles. The second-order valence-corrected chi connectivity index (χ2v) is 5.81. The molecule has 2 N–H and O–H groups in total. The van der Waals surface area contributed by atoms with Gasteiger partial charge in [0.05, 0.1) is 0 Å². The molecule has 0 spiro atoms. The molecule has 0 bridgehead atoms. The molecular weight excluding hydrogens is 295 g/mol. The third kappa shape index (κ3) is 3.53. The summed E-state index contributed by atoms with van der Waals surface area (Å²) in [5, 5.41) is 6.75. The van der Waals surface area contributed by atoms with E-state index in [-0.39, 0.29) is 11.9 Å². The quantitative estimate of drug-likeness (QED) is 0.890. The van der Waals surface area contributed by atoms with Crippen molar-refractivity contribution in [3.05, 3.63) is 34.1 Å². The molecule has 0 aromatic heterocycles. The Bertz CT molecular complexity index is 391. The Hall–Kier alpha value is -0.450. The number of piperidine rings is 1. The second-order valence-electron chi connectivity index (χ2n) is 4.89. The van der Waals surface area contributed by atoms with Crippen molar-refractivity contribution >= 4 is 15.9 Å². The highest BCUT2D eigenvalue weighted by Crippen LogP contribution is 2.26. The Balaban J connectivity index is 2.09. The minimum Gasteiger partial charge on any atom is -0.314 e. The highest BCUT2D eigenvalue weighted by Gasteiger charge is 2.21. The van der Waals surface area contributed by atoms with Gasteiger partial charge in [0.25, 0.3) is 0 Å². The van der Waals surface area contributed by atoms with Crippen molar-refractivity contribution in [3.63, 3.8) is 0 Å². The lowest BCUT2D eigenvalue weighted by Crippen LogP contribution is -2.37. The molecular formula is C14H20BrFN2. The average Bonchev–Trinajstić information content (AvgIpc) is 2.40. The second kappa shape index (κ2) is 6.64. The first-order valence-corrected chi connectivity index (χ1v) is 7.35. The van der Waals surface area contributed by atoms with Gasteiger partial charge in [-0.1, -0.05) is 22.4 Å². The van der Waals surface area contributed by atoms with Crippen LogP contribution in [0.4, 0.5) is 4.39 Å². The summed E-state index contributed by atoms with van der Waals surface area (Å²) < 4.78 is 14.8. The predicted molar refractivity (Wildman–Crippen MR) is 76.2 cm³/mol. The van der Waals surface area contributed by atoms with Crippen LogP contribution in [0.1, 0.15) is 37.3 Å². The summed E-state index contributed by atoms with van der Waals surface area (Å²) >= 11 is 3.41. The molecule has 1 aliphatic rings. The fourth-order valence-corrected chi connectivity index (χ4v) is 2.97. The summed E-state index contributed by atoms with van der Waals surface area (Å²) in [4.78, 5) is 0. The molecule has 1 aromatic carbocycles. The molecule has 0 aliphatic carbocycles. The van der Waals surface area contributed by atoms with Gasteiger partial charge >= 0.3 is 0 Å². The van der Waals surface area contributed by atoms with Crippen LogP contribution in [0.25, 0.3) is 0 Å².